The molecular weight excluding hydrogens is 212 g/mol. The number of piperidine rings is 1. The number of nitrogens with zero attached hydrogens (tertiary/aromatic N) is 1. The molecule has 1 N–H and O–H groups in total. The Hall–Kier alpha value is -0.120. The highest BCUT2D eigenvalue weighted by Gasteiger charge is 2.26. The fraction of sp³-hybridized carbons (Fsp3) is 1.00. The average Bonchev–Trinajstić information content (AvgIpc) is 2.83. The fourth-order valence-electron chi connectivity index (χ4n) is 3.06. The molecule has 2 saturated heterocycles. The molecule has 0 aromatic rings. The first-order valence-corrected chi connectivity index (χ1v) is 7.28. The highest BCUT2D eigenvalue weighted by molar-refractivity contribution is 4.84. The van der Waals surface area contributed by atoms with Crippen LogP contribution >= 0.6 is 0 Å². The van der Waals surface area contributed by atoms with E-state index in [9.17, 15) is 0 Å². The Bertz CT molecular complexity index is 218. The number of hydrogen-bond acceptors (Lipinski definition) is 3. The van der Waals surface area contributed by atoms with Crippen molar-refractivity contribution in [2.75, 3.05) is 19.7 Å². The number of nitrogens with one attached hydrogen (secondary N) is 1. The van der Waals surface area contributed by atoms with Crippen LogP contribution in [0.4, 0.5) is 0 Å². The van der Waals surface area contributed by atoms with Crippen molar-refractivity contribution in [3.8, 4) is 0 Å². The maximum absolute atomic E-state index is 5.74. The number of likely N-dealkylation sites (tertiary alicyclic amines) is 1. The Morgan fingerprint density at radius 1 is 1.12 bits per heavy atom. The Balaban J connectivity index is 1.70. The molecule has 0 aromatic heterocycles. The summed E-state index contributed by atoms with van der Waals surface area (Å²) in [4.78, 5) is 2.58. The summed E-state index contributed by atoms with van der Waals surface area (Å²) in [6.45, 7) is 10.3. The van der Waals surface area contributed by atoms with Crippen LogP contribution in [0.2, 0.25) is 0 Å². The Morgan fingerprint density at radius 3 is 2.35 bits per heavy atom. The molecule has 17 heavy (non-hydrogen) atoms. The molecule has 0 aromatic carbocycles. The fourth-order valence-corrected chi connectivity index (χ4v) is 3.06. The first kappa shape index (κ1) is 13.3. The molecule has 0 aliphatic carbocycles. The summed E-state index contributed by atoms with van der Waals surface area (Å²) in [5, 5.41) is 3.77. The minimum Gasteiger partial charge on any atom is -0.377 e. The van der Waals surface area contributed by atoms with Gasteiger partial charge in [0.1, 0.15) is 0 Å². The SMILES string of the molecule is CC(NC1CCN(C(C)C)CC1)C1CCCO1. The molecule has 2 aliphatic heterocycles. The van der Waals surface area contributed by atoms with Crippen LogP contribution in [0, 0.1) is 0 Å². The first-order valence-electron chi connectivity index (χ1n) is 7.28. The highest BCUT2D eigenvalue weighted by atomic mass is 16.5. The number of rotatable bonds is 4. The van der Waals surface area contributed by atoms with Crippen molar-refractivity contribution in [1.29, 1.82) is 0 Å². The predicted octanol–water partition coefficient (Wildman–Crippen LogP) is 2.02. The summed E-state index contributed by atoms with van der Waals surface area (Å²) in [5.74, 6) is 0. The molecule has 0 spiro atoms. The second-order valence-electron chi connectivity index (χ2n) is 5.91. The van der Waals surface area contributed by atoms with Crippen LogP contribution in [0.3, 0.4) is 0 Å². The van der Waals surface area contributed by atoms with E-state index in [1.54, 1.807) is 0 Å². The summed E-state index contributed by atoms with van der Waals surface area (Å²) < 4.78 is 5.74. The van der Waals surface area contributed by atoms with Crippen LogP contribution in [0.1, 0.15) is 46.5 Å². The molecule has 0 bridgehead atoms. The van der Waals surface area contributed by atoms with Crippen molar-refractivity contribution in [3.05, 3.63) is 0 Å². The van der Waals surface area contributed by atoms with Crippen LogP contribution < -0.4 is 5.32 Å². The molecule has 2 atom stereocenters. The van der Waals surface area contributed by atoms with E-state index in [4.69, 9.17) is 4.74 Å². The molecule has 2 aliphatic rings. The van der Waals surface area contributed by atoms with Crippen molar-refractivity contribution in [1.82, 2.24) is 10.2 Å². The van der Waals surface area contributed by atoms with E-state index in [0.717, 1.165) is 6.61 Å². The van der Waals surface area contributed by atoms with Crippen molar-refractivity contribution >= 4 is 0 Å². The summed E-state index contributed by atoms with van der Waals surface area (Å²) in [6.07, 6.45) is 5.50. The lowest BCUT2D eigenvalue weighted by Gasteiger charge is -2.36. The normalized spacial score (nSPS) is 30.0. The summed E-state index contributed by atoms with van der Waals surface area (Å²) >= 11 is 0. The van der Waals surface area contributed by atoms with Gasteiger partial charge < -0.3 is 15.0 Å². The van der Waals surface area contributed by atoms with E-state index in [1.807, 2.05) is 0 Å². The second kappa shape index (κ2) is 6.17. The van der Waals surface area contributed by atoms with Crippen LogP contribution in [0.15, 0.2) is 0 Å². The van der Waals surface area contributed by atoms with Gasteiger partial charge in [0.25, 0.3) is 0 Å². The maximum atomic E-state index is 5.74. The zero-order chi connectivity index (χ0) is 12.3. The summed E-state index contributed by atoms with van der Waals surface area (Å²) in [6, 6.07) is 1.92. The second-order valence-corrected chi connectivity index (χ2v) is 5.91. The van der Waals surface area contributed by atoms with Crippen molar-refractivity contribution in [3.63, 3.8) is 0 Å². The molecule has 3 nitrogen and oxygen atoms in total. The lowest BCUT2D eigenvalue weighted by molar-refractivity contribution is 0.0723. The molecule has 0 amide bonds. The molecule has 3 heteroatoms. The average molecular weight is 240 g/mol. The summed E-state index contributed by atoms with van der Waals surface area (Å²) in [7, 11) is 0. The van der Waals surface area contributed by atoms with Gasteiger partial charge in [0.2, 0.25) is 0 Å². The molecule has 0 radical (unpaired) electrons. The molecule has 2 rings (SSSR count). The van der Waals surface area contributed by atoms with Crippen LogP contribution in [0.5, 0.6) is 0 Å². The van der Waals surface area contributed by atoms with Gasteiger partial charge in [0.15, 0.2) is 0 Å². The first-order chi connectivity index (χ1) is 8.16. The quantitative estimate of drug-likeness (QED) is 0.813. The van der Waals surface area contributed by atoms with Crippen LogP contribution in [0.25, 0.3) is 0 Å². The predicted molar refractivity (Wildman–Crippen MR) is 71.3 cm³/mol. The van der Waals surface area contributed by atoms with Gasteiger partial charge in [-0.15, -0.1) is 0 Å². The third-order valence-corrected chi connectivity index (χ3v) is 4.28. The van der Waals surface area contributed by atoms with Gasteiger partial charge in [-0.3, -0.25) is 0 Å². The van der Waals surface area contributed by atoms with Crippen molar-refractivity contribution in [2.24, 2.45) is 0 Å². The Kier molecular flexibility index (Phi) is 4.83. The van der Waals surface area contributed by atoms with Gasteiger partial charge in [0, 0.05) is 24.7 Å². The highest BCUT2D eigenvalue weighted by Crippen LogP contribution is 2.18. The zero-order valence-electron chi connectivity index (χ0n) is 11.6. The Labute approximate surface area is 106 Å². The standard InChI is InChI=1S/C14H28N2O/c1-11(2)16-8-6-13(7-9-16)15-12(3)14-5-4-10-17-14/h11-15H,4-10H2,1-3H3. The van der Waals surface area contributed by atoms with E-state index < -0.39 is 0 Å². The van der Waals surface area contributed by atoms with Gasteiger partial charge in [-0.25, -0.2) is 0 Å². The van der Waals surface area contributed by atoms with E-state index >= 15 is 0 Å². The molecule has 2 fully saturated rings. The molecule has 0 saturated carbocycles. The summed E-state index contributed by atoms with van der Waals surface area (Å²) in [5.41, 5.74) is 0. The van der Waals surface area contributed by atoms with Crippen LogP contribution in [-0.2, 0) is 4.74 Å². The minimum atomic E-state index is 0.457. The number of hydrogen-bond donors (Lipinski definition) is 1. The van der Waals surface area contributed by atoms with Crippen molar-refractivity contribution in [2.45, 2.75) is 70.7 Å². The Morgan fingerprint density at radius 2 is 1.82 bits per heavy atom. The smallest absolute Gasteiger partial charge is 0.0726 e. The monoisotopic (exact) mass is 240 g/mol. The third-order valence-electron chi connectivity index (χ3n) is 4.28. The van der Waals surface area contributed by atoms with E-state index in [1.165, 1.54) is 38.8 Å². The molecule has 100 valence electrons. The van der Waals surface area contributed by atoms with E-state index in [-0.39, 0.29) is 0 Å². The van der Waals surface area contributed by atoms with E-state index in [2.05, 4.69) is 31.0 Å². The molecule has 2 heterocycles. The van der Waals surface area contributed by atoms with Crippen molar-refractivity contribution < 1.29 is 4.74 Å². The van der Waals surface area contributed by atoms with Gasteiger partial charge in [-0.05, 0) is 59.5 Å². The van der Waals surface area contributed by atoms with Crippen LogP contribution in [-0.4, -0.2) is 48.8 Å². The third kappa shape index (κ3) is 3.67. The lowest BCUT2D eigenvalue weighted by atomic mass is 10.0. The molecule has 2 unspecified atom stereocenters. The van der Waals surface area contributed by atoms with E-state index in [0.29, 0.717) is 24.2 Å². The van der Waals surface area contributed by atoms with Gasteiger partial charge in [-0.1, -0.05) is 0 Å². The lowest BCUT2D eigenvalue weighted by Crippen LogP contribution is -2.49. The molecular formula is C14H28N2O. The topological polar surface area (TPSA) is 24.5 Å². The van der Waals surface area contributed by atoms with Gasteiger partial charge >= 0.3 is 0 Å². The van der Waals surface area contributed by atoms with Gasteiger partial charge in [-0.2, -0.15) is 0 Å². The van der Waals surface area contributed by atoms with Gasteiger partial charge in [0.05, 0.1) is 6.10 Å². The zero-order valence-corrected chi connectivity index (χ0v) is 11.6. The number of ether oxygens (including phenoxy) is 1. The largest absolute Gasteiger partial charge is 0.377 e. The minimum absolute atomic E-state index is 0.457. The maximum Gasteiger partial charge on any atom is 0.0726 e.